The summed E-state index contributed by atoms with van der Waals surface area (Å²) in [5.74, 6) is -0.438. The Morgan fingerprint density at radius 2 is 2.30 bits per heavy atom. The molecule has 7 heteroatoms. The third kappa shape index (κ3) is 3.01. The Balaban J connectivity index is 2.18. The average Bonchev–Trinajstić information content (AvgIpc) is 2.75. The van der Waals surface area contributed by atoms with E-state index in [0.29, 0.717) is 17.1 Å². The van der Waals surface area contributed by atoms with Gasteiger partial charge < -0.3 is 11.1 Å². The van der Waals surface area contributed by atoms with Crippen molar-refractivity contribution in [2.75, 3.05) is 17.3 Å². The van der Waals surface area contributed by atoms with Crippen molar-refractivity contribution >= 4 is 45.4 Å². The molecule has 0 saturated heterocycles. The summed E-state index contributed by atoms with van der Waals surface area (Å²) in [6.07, 6.45) is 1.90. The molecule has 0 bridgehead atoms. The number of nitrogens with two attached hydrogens (primary N) is 1. The summed E-state index contributed by atoms with van der Waals surface area (Å²) in [4.78, 5) is 1.36. The van der Waals surface area contributed by atoms with Crippen molar-refractivity contribution in [1.82, 2.24) is 0 Å². The van der Waals surface area contributed by atoms with Gasteiger partial charge in [0.05, 0.1) is 15.6 Å². The van der Waals surface area contributed by atoms with Gasteiger partial charge in [-0.3, -0.25) is 0 Å². The van der Waals surface area contributed by atoms with E-state index >= 15 is 0 Å². The lowest BCUT2D eigenvalue weighted by atomic mass is 10.2. The van der Waals surface area contributed by atoms with Crippen LogP contribution in [0.3, 0.4) is 0 Å². The Kier molecular flexibility index (Phi) is 4.76. The molecule has 1 aromatic heterocycles. The van der Waals surface area contributed by atoms with Gasteiger partial charge in [0.1, 0.15) is 21.8 Å². The Morgan fingerprint density at radius 3 is 2.90 bits per heavy atom. The number of nitrogen functional groups attached to an aromatic ring is 1. The topological polar surface area (TPSA) is 61.8 Å². The van der Waals surface area contributed by atoms with Crippen LogP contribution in [-0.4, -0.2) is 6.26 Å². The number of nitrogens with one attached hydrogen (secondary N) is 1. The van der Waals surface area contributed by atoms with Crippen LogP contribution < -0.4 is 11.1 Å². The van der Waals surface area contributed by atoms with E-state index in [1.165, 1.54) is 29.2 Å². The molecule has 0 aliphatic rings. The lowest BCUT2D eigenvalue weighted by Gasteiger charge is -2.07. The van der Waals surface area contributed by atoms with E-state index in [2.05, 4.69) is 11.4 Å². The third-order valence-corrected chi connectivity index (χ3v) is 4.96. The van der Waals surface area contributed by atoms with E-state index in [-0.39, 0.29) is 5.02 Å². The van der Waals surface area contributed by atoms with Gasteiger partial charge in [-0.25, -0.2) is 4.39 Å². The van der Waals surface area contributed by atoms with Crippen LogP contribution in [0.1, 0.15) is 10.4 Å². The molecule has 0 fully saturated rings. The minimum atomic E-state index is -0.438. The highest BCUT2D eigenvalue weighted by molar-refractivity contribution is 7.99. The van der Waals surface area contributed by atoms with Crippen molar-refractivity contribution in [3.05, 3.63) is 39.5 Å². The Labute approximate surface area is 129 Å². The molecule has 0 radical (unpaired) electrons. The summed E-state index contributed by atoms with van der Waals surface area (Å²) in [7, 11) is 0. The molecule has 3 N–H and O–H groups in total. The van der Waals surface area contributed by atoms with Crippen molar-refractivity contribution in [1.29, 1.82) is 5.26 Å². The van der Waals surface area contributed by atoms with Gasteiger partial charge in [-0.1, -0.05) is 17.7 Å². The molecule has 0 saturated carbocycles. The fourth-order valence-electron chi connectivity index (χ4n) is 1.66. The number of hydrogen-bond donors (Lipinski definition) is 2. The number of halogens is 2. The van der Waals surface area contributed by atoms with E-state index in [1.54, 1.807) is 12.1 Å². The van der Waals surface area contributed by atoms with Gasteiger partial charge in [0.2, 0.25) is 0 Å². The smallest absolute Gasteiger partial charge is 0.141 e. The number of nitrogens with zero attached hydrogens (tertiary/aromatic N) is 1. The molecule has 0 unspecified atom stereocenters. The summed E-state index contributed by atoms with van der Waals surface area (Å²) >= 11 is 8.54. The highest BCUT2D eigenvalue weighted by atomic mass is 35.5. The van der Waals surface area contributed by atoms with Crippen molar-refractivity contribution in [3.63, 3.8) is 0 Å². The Hall–Kier alpha value is -1.42. The van der Waals surface area contributed by atoms with Gasteiger partial charge in [-0.15, -0.1) is 23.1 Å². The van der Waals surface area contributed by atoms with Gasteiger partial charge in [0.25, 0.3) is 0 Å². The summed E-state index contributed by atoms with van der Waals surface area (Å²) in [6, 6.07) is 6.64. The Bertz CT molecular complexity index is 679. The number of anilines is 2. The molecular formula is C13H11ClFN3S2. The molecule has 2 rings (SSSR count). The van der Waals surface area contributed by atoms with Crippen LogP contribution in [0.5, 0.6) is 0 Å². The summed E-state index contributed by atoms with van der Waals surface area (Å²) < 4.78 is 13.1. The number of thioether (sulfide) groups is 1. The van der Waals surface area contributed by atoms with Gasteiger partial charge in [0, 0.05) is 6.54 Å². The van der Waals surface area contributed by atoms with Crippen LogP contribution in [-0.2, 0) is 6.54 Å². The number of rotatable bonds is 4. The van der Waals surface area contributed by atoms with Crippen molar-refractivity contribution < 1.29 is 4.39 Å². The van der Waals surface area contributed by atoms with Crippen LogP contribution in [0.25, 0.3) is 0 Å². The lowest BCUT2D eigenvalue weighted by molar-refractivity contribution is 0.627. The van der Waals surface area contributed by atoms with Crippen LogP contribution >= 0.6 is 34.7 Å². The summed E-state index contributed by atoms with van der Waals surface area (Å²) in [5.41, 5.74) is 7.25. The number of thiophene rings is 1. The Morgan fingerprint density at radius 1 is 1.55 bits per heavy atom. The molecule has 1 heterocycles. The maximum atomic E-state index is 13.1. The SMILES string of the molecule is CSc1c(NCc2ccc(F)c(Cl)c2)sc(C#N)c1N. The first kappa shape index (κ1) is 15.0. The maximum Gasteiger partial charge on any atom is 0.141 e. The molecular weight excluding hydrogens is 317 g/mol. The first-order valence-electron chi connectivity index (χ1n) is 5.61. The van der Waals surface area contributed by atoms with E-state index in [4.69, 9.17) is 22.6 Å². The first-order valence-corrected chi connectivity index (χ1v) is 8.03. The fraction of sp³-hybridized carbons (Fsp3) is 0.154. The zero-order valence-corrected chi connectivity index (χ0v) is 12.9. The fourth-order valence-corrected chi connectivity index (χ4v) is 3.69. The molecule has 3 nitrogen and oxygen atoms in total. The van der Waals surface area contributed by atoms with E-state index in [1.807, 2.05) is 6.26 Å². The first-order chi connectivity index (χ1) is 9.56. The van der Waals surface area contributed by atoms with Crippen LogP contribution in [0, 0.1) is 17.1 Å². The third-order valence-electron chi connectivity index (χ3n) is 2.64. The molecule has 104 valence electrons. The van der Waals surface area contributed by atoms with Gasteiger partial charge in [0.15, 0.2) is 0 Å². The highest BCUT2D eigenvalue weighted by Gasteiger charge is 2.14. The number of nitriles is 1. The second kappa shape index (κ2) is 6.35. The molecule has 0 amide bonds. The predicted octanol–water partition coefficient (Wildman–Crippen LogP) is 4.33. The van der Waals surface area contributed by atoms with E-state index in [0.717, 1.165) is 15.5 Å². The molecule has 1 aromatic carbocycles. The molecule has 2 aromatic rings. The average molecular weight is 328 g/mol. The van der Waals surface area contributed by atoms with Crippen molar-refractivity contribution in [3.8, 4) is 6.07 Å². The number of hydrogen-bond acceptors (Lipinski definition) is 5. The van der Waals surface area contributed by atoms with E-state index in [9.17, 15) is 4.39 Å². The van der Waals surface area contributed by atoms with Gasteiger partial charge in [-0.05, 0) is 24.0 Å². The standard InChI is InChI=1S/C13H11ClFN3S2/c1-19-12-11(17)10(5-16)20-13(12)18-6-7-2-3-9(15)8(14)4-7/h2-4,18H,6,17H2,1H3. The molecule has 0 spiro atoms. The maximum absolute atomic E-state index is 13.1. The minimum absolute atomic E-state index is 0.0952. The van der Waals surface area contributed by atoms with E-state index < -0.39 is 5.82 Å². The van der Waals surface area contributed by atoms with Crippen LogP contribution in [0.4, 0.5) is 15.1 Å². The van der Waals surface area contributed by atoms with Gasteiger partial charge >= 0.3 is 0 Å². The highest BCUT2D eigenvalue weighted by Crippen LogP contribution is 2.41. The summed E-state index contributed by atoms with van der Waals surface area (Å²) in [5, 5.41) is 13.1. The van der Waals surface area contributed by atoms with Crippen molar-refractivity contribution in [2.24, 2.45) is 0 Å². The number of benzene rings is 1. The molecule has 0 aliphatic carbocycles. The zero-order valence-electron chi connectivity index (χ0n) is 10.5. The van der Waals surface area contributed by atoms with Crippen molar-refractivity contribution in [2.45, 2.75) is 11.4 Å². The molecule has 0 atom stereocenters. The second-order valence-electron chi connectivity index (χ2n) is 3.92. The van der Waals surface area contributed by atoms with Crippen LogP contribution in [0.15, 0.2) is 23.1 Å². The lowest BCUT2D eigenvalue weighted by Crippen LogP contribution is -1.99. The van der Waals surface area contributed by atoms with Crippen LogP contribution in [0.2, 0.25) is 5.02 Å². The summed E-state index contributed by atoms with van der Waals surface area (Å²) in [6.45, 7) is 0.485. The predicted molar refractivity (Wildman–Crippen MR) is 84.0 cm³/mol. The zero-order chi connectivity index (χ0) is 14.7. The monoisotopic (exact) mass is 327 g/mol. The quantitative estimate of drug-likeness (QED) is 0.820. The second-order valence-corrected chi connectivity index (χ2v) is 6.17. The van der Waals surface area contributed by atoms with Gasteiger partial charge in [-0.2, -0.15) is 5.26 Å². The molecule has 20 heavy (non-hydrogen) atoms. The molecule has 0 aliphatic heterocycles. The largest absolute Gasteiger partial charge is 0.396 e. The normalized spacial score (nSPS) is 10.3. The minimum Gasteiger partial charge on any atom is -0.396 e.